The van der Waals surface area contributed by atoms with E-state index >= 15 is 0 Å². The highest BCUT2D eigenvalue weighted by Gasteiger charge is 2.21. The molecule has 1 aromatic heterocycles. The molecule has 9 N–H and O–H groups in total. The van der Waals surface area contributed by atoms with Gasteiger partial charge in [-0.1, -0.05) is 455 Å². The van der Waals surface area contributed by atoms with Gasteiger partial charge in [-0.3, -0.25) is 14.4 Å². The van der Waals surface area contributed by atoms with Crippen molar-refractivity contribution in [2.24, 2.45) is 55.2 Å². The number of aromatic nitrogens is 1. The van der Waals surface area contributed by atoms with Crippen LogP contribution in [0, 0.1) is 55.2 Å². The molecule has 0 aliphatic heterocycles. The quantitative estimate of drug-likeness (QED) is 0.0286. The number of carbonyl (C=O) groups excluding carboxylic acids is 3. The lowest BCUT2D eigenvalue weighted by Crippen LogP contribution is -2.67. The van der Waals surface area contributed by atoms with E-state index in [1.807, 2.05) is 48.5 Å². The first kappa shape index (κ1) is 131. The summed E-state index contributed by atoms with van der Waals surface area (Å²) in [4.78, 5) is 40.9. The van der Waals surface area contributed by atoms with Crippen LogP contribution >= 0.6 is 0 Å². The number of nitrogens with one attached hydrogen (secondary N) is 3. The number of pyridine rings is 1. The smallest absolute Gasteiger partial charge is 0.278 e. The second kappa shape index (κ2) is 77.5. The molecule has 0 saturated carbocycles. The van der Waals surface area contributed by atoms with Crippen molar-refractivity contribution in [2.75, 3.05) is 19.6 Å². The summed E-state index contributed by atoms with van der Waals surface area (Å²) in [6, 6.07) is 15.6. The molecule has 3 amide bonds. The van der Waals surface area contributed by atoms with Gasteiger partial charge in [-0.2, -0.15) is 0 Å². The van der Waals surface area contributed by atoms with Crippen molar-refractivity contribution < 1.29 is 25.9 Å². The summed E-state index contributed by atoms with van der Waals surface area (Å²) in [5.41, 5.74) is 14.1. The first-order valence-corrected chi connectivity index (χ1v) is 47.8. The normalized spacial score (nSPS) is 12.0. The van der Waals surface area contributed by atoms with Crippen molar-refractivity contribution in [3.8, 4) is 0 Å². The first-order valence-electron chi connectivity index (χ1n) is 47.8. The SMILES string of the molecule is C.C.CC(C)(C)CCCCNC(=O)c1c2ccccc2nc2ccccc12.CCC(C)C.CCC(C)C.CCCC(C)(C)C.CCCCCC(C)(C)C.CCCCCC(C)(C)C.CCCCCC(C)(C)C.CCCCCCCC(C)(C)C.CCCCC[C@@H]([NH3+])C(=O)NCCC(C)(C)C.CCCCC[C@@H]([NH3+])C(=O)NCCCCC(C)(C)C. The average Bonchev–Trinajstić information content (AvgIpc) is 0.770. The number of amides is 3. The van der Waals surface area contributed by atoms with Gasteiger partial charge in [0.25, 0.3) is 17.7 Å². The highest BCUT2D eigenvalue weighted by molar-refractivity contribution is 6.16. The van der Waals surface area contributed by atoms with Crippen LogP contribution in [0.15, 0.2) is 48.5 Å². The zero-order chi connectivity index (χ0) is 89.7. The van der Waals surface area contributed by atoms with Crippen LogP contribution in [0.4, 0.5) is 0 Å². The number of unbranched alkanes of at least 4 members (excludes halogenated alkanes) is 16. The van der Waals surface area contributed by atoms with Crippen LogP contribution in [0.2, 0.25) is 0 Å². The number of para-hydroxylation sites is 2. The van der Waals surface area contributed by atoms with E-state index in [9.17, 15) is 14.4 Å². The molecular formula is C107H220N6O3+2. The van der Waals surface area contributed by atoms with Crippen LogP contribution in [-0.4, -0.2) is 54.4 Å². The molecule has 0 aliphatic rings. The number of hydrogen-bond donors (Lipinski definition) is 5. The van der Waals surface area contributed by atoms with Crippen molar-refractivity contribution in [3.05, 3.63) is 54.1 Å². The van der Waals surface area contributed by atoms with Gasteiger partial charge in [0.2, 0.25) is 0 Å². The van der Waals surface area contributed by atoms with Crippen molar-refractivity contribution in [3.63, 3.8) is 0 Å². The van der Waals surface area contributed by atoms with Gasteiger partial charge in [0.05, 0.1) is 16.6 Å². The highest BCUT2D eigenvalue weighted by atomic mass is 16.2. The number of hydrogen-bond acceptors (Lipinski definition) is 4. The van der Waals surface area contributed by atoms with Gasteiger partial charge in [-0.05, 0) is 144 Å². The third-order valence-corrected chi connectivity index (χ3v) is 19.6. The van der Waals surface area contributed by atoms with E-state index in [0.29, 0.717) is 44.4 Å². The molecule has 3 rings (SSSR count). The minimum Gasteiger partial charge on any atom is -0.352 e. The van der Waals surface area contributed by atoms with Crippen molar-refractivity contribution in [1.82, 2.24) is 20.9 Å². The van der Waals surface area contributed by atoms with E-state index in [-0.39, 0.29) is 50.1 Å². The molecule has 2 aromatic carbocycles. The third kappa shape index (κ3) is 107. The van der Waals surface area contributed by atoms with Crippen molar-refractivity contribution in [1.29, 1.82) is 0 Å². The molecular weight excluding hydrogens is 1420 g/mol. The summed E-state index contributed by atoms with van der Waals surface area (Å²) >= 11 is 0. The average molecular weight is 1640 g/mol. The second-order valence-electron chi connectivity index (χ2n) is 43.8. The molecule has 0 saturated heterocycles. The largest absolute Gasteiger partial charge is 0.352 e. The number of benzene rings is 2. The molecule has 0 unspecified atom stereocenters. The predicted molar refractivity (Wildman–Crippen MR) is 532 cm³/mol. The zero-order valence-corrected chi connectivity index (χ0v) is 84.8. The molecule has 0 bridgehead atoms. The topological polar surface area (TPSA) is 155 Å². The molecule has 0 fully saturated rings. The molecule has 3 aromatic rings. The number of nitrogens with zero attached hydrogens (tertiary/aromatic N) is 1. The molecule has 0 radical (unpaired) electrons. The summed E-state index contributed by atoms with van der Waals surface area (Å²) in [6.45, 7) is 85.8. The lowest BCUT2D eigenvalue weighted by Gasteiger charge is -2.18. The maximum Gasteiger partial charge on any atom is 0.278 e. The minimum atomic E-state index is -0.0773. The molecule has 9 heteroatoms. The minimum absolute atomic E-state index is 0. The summed E-state index contributed by atoms with van der Waals surface area (Å²) < 4.78 is 0. The monoisotopic (exact) mass is 1640 g/mol. The van der Waals surface area contributed by atoms with Crippen LogP contribution in [0.5, 0.6) is 0 Å². The molecule has 0 aliphatic carbocycles. The second-order valence-corrected chi connectivity index (χ2v) is 43.8. The Labute approximate surface area is 731 Å². The van der Waals surface area contributed by atoms with E-state index < -0.39 is 0 Å². The third-order valence-electron chi connectivity index (χ3n) is 19.6. The van der Waals surface area contributed by atoms with Crippen LogP contribution < -0.4 is 27.4 Å². The van der Waals surface area contributed by atoms with Gasteiger partial charge in [-0.25, -0.2) is 4.98 Å². The Morgan fingerprint density at radius 1 is 0.302 bits per heavy atom. The van der Waals surface area contributed by atoms with Crippen LogP contribution in [0.1, 0.15) is 519 Å². The highest BCUT2D eigenvalue weighted by Crippen LogP contribution is 2.29. The summed E-state index contributed by atoms with van der Waals surface area (Å²) in [5.74, 6) is 2.00. The molecule has 116 heavy (non-hydrogen) atoms. The van der Waals surface area contributed by atoms with Crippen molar-refractivity contribution >= 4 is 39.5 Å². The maximum absolute atomic E-state index is 12.9. The maximum atomic E-state index is 12.9. The van der Waals surface area contributed by atoms with E-state index in [4.69, 9.17) is 0 Å². The number of fused-ring (bicyclic) bond motifs is 2. The Kier molecular flexibility index (Phi) is 87.2. The van der Waals surface area contributed by atoms with E-state index in [1.54, 1.807) is 0 Å². The molecule has 694 valence electrons. The summed E-state index contributed by atoms with van der Waals surface area (Å²) in [6.07, 6.45) is 46.9. The van der Waals surface area contributed by atoms with Gasteiger partial charge in [0.15, 0.2) is 12.1 Å². The zero-order valence-electron chi connectivity index (χ0n) is 84.8. The van der Waals surface area contributed by atoms with Gasteiger partial charge in [-0.15, -0.1) is 0 Å². The fraction of sp³-hybridized carbons (Fsp3) is 0.850. The summed E-state index contributed by atoms with van der Waals surface area (Å²) in [7, 11) is 0. The number of quaternary nitrogens is 2. The van der Waals surface area contributed by atoms with Crippen LogP contribution in [-0.2, 0) is 9.59 Å². The molecule has 0 spiro atoms. The van der Waals surface area contributed by atoms with Crippen LogP contribution in [0.25, 0.3) is 21.8 Å². The van der Waals surface area contributed by atoms with Crippen molar-refractivity contribution in [2.45, 2.75) is 521 Å². The number of carbonyl (C=O) groups is 3. The van der Waals surface area contributed by atoms with Gasteiger partial charge in [0.1, 0.15) is 0 Å². The Bertz CT molecular complexity index is 2490. The van der Waals surface area contributed by atoms with Crippen LogP contribution in [0.3, 0.4) is 0 Å². The van der Waals surface area contributed by atoms with Gasteiger partial charge in [0, 0.05) is 43.2 Å². The van der Waals surface area contributed by atoms with Gasteiger partial charge >= 0.3 is 0 Å². The lowest BCUT2D eigenvalue weighted by atomic mass is 9.89. The van der Waals surface area contributed by atoms with E-state index in [0.717, 1.165) is 104 Å². The van der Waals surface area contributed by atoms with E-state index in [1.165, 1.54) is 186 Å². The first-order chi connectivity index (χ1) is 52.5. The Morgan fingerprint density at radius 2 is 0.534 bits per heavy atom. The summed E-state index contributed by atoms with van der Waals surface area (Å²) in [5, 5.41) is 10.9. The Morgan fingerprint density at radius 3 is 0.793 bits per heavy atom. The fourth-order valence-electron chi connectivity index (χ4n) is 11.3. The lowest BCUT2D eigenvalue weighted by molar-refractivity contribution is -0.405. The molecule has 2 atom stereocenters. The predicted octanol–water partition coefficient (Wildman–Crippen LogP) is 33.0. The molecule has 1 heterocycles. The Hall–Kier alpha value is -3.56. The standard InChI is InChI=1S/C22H26N2O.C15H32N2O.C13H28N2O.C11H24.3C9H20.C7H16.2C5H12.2CH4/c1-22(2,3)14-8-9-15-23-21(25)20-16-10-4-6-12-18(16)24-19-13-7-5-11-17(19)20;1-5-6-7-10-13(16)14(18)17-12-9-8-11-15(2,3)4;1-5-6-7-8-11(14)12(16)15-10-9-13(2,3)4;1-5-6-7-8-9-10-11(2,3)4;3*1-5-6-7-8-9(2,3)4;1-5-6-7(2,3)4;2*1-4-5(2)3;;/h4-7,10-13H,8-9,14-15H2,1-3H3,(H,23,25);13H,5-12,16H2,1-4H3,(H,17,18);11H,5-10,14H2,1-4H3,(H,15,16);5-10H2,1-4H3;3*5-8H2,1-4H3;5-6H2,1-4H3;2*5H,4H2,1-3H3;2*1H4/p+2/t;13-;11-;;;;;;;;;/m.11........./s1. The van der Waals surface area contributed by atoms with E-state index in [2.05, 4.69) is 289 Å². The van der Waals surface area contributed by atoms with Gasteiger partial charge < -0.3 is 27.4 Å². The fourth-order valence-corrected chi connectivity index (χ4v) is 11.3. The number of rotatable bonds is 38. The Balaban J connectivity index is -0.000000163. The molecule has 9 nitrogen and oxygen atoms in total.